The first kappa shape index (κ1) is 20.3. The Morgan fingerprint density at radius 3 is 2.30 bits per heavy atom. The van der Waals surface area contributed by atoms with Gasteiger partial charge in [0, 0.05) is 25.2 Å². The zero-order valence-corrected chi connectivity index (χ0v) is 15.9. The van der Waals surface area contributed by atoms with Gasteiger partial charge in [-0.05, 0) is 38.6 Å². The molecule has 0 aliphatic carbocycles. The van der Waals surface area contributed by atoms with Crippen LogP contribution < -0.4 is 10.9 Å². The van der Waals surface area contributed by atoms with Gasteiger partial charge in [0.05, 0.1) is 11.0 Å². The molecule has 144 valence electrons. The highest BCUT2D eigenvalue weighted by Crippen LogP contribution is 2.19. The summed E-state index contributed by atoms with van der Waals surface area (Å²) in [5.74, 6) is -1.23. The molecule has 1 atom stereocenters. The van der Waals surface area contributed by atoms with E-state index in [1.165, 1.54) is 33.4 Å². The lowest BCUT2D eigenvalue weighted by molar-refractivity contribution is -0.384. The van der Waals surface area contributed by atoms with Crippen molar-refractivity contribution < 1.29 is 14.8 Å². The van der Waals surface area contributed by atoms with Gasteiger partial charge < -0.3 is 10.4 Å². The van der Waals surface area contributed by atoms with E-state index in [0.29, 0.717) is 12.1 Å². The van der Waals surface area contributed by atoms with Crippen LogP contribution in [0, 0.1) is 14.9 Å². The standard InChI is InChI=1S/C17H20N4O5S/c1-4-19-15(23)13(16(24)20(5-2)17(19)27)14(22)18-10(3)11-6-8-12(9-7-11)21(25)26/h6-10,23H,4-5H2,1-3H3,(H,18,22)/t10-/m1/s1. The molecule has 0 fully saturated rings. The molecule has 2 N–H and O–H groups in total. The van der Waals surface area contributed by atoms with Gasteiger partial charge in [-0.15, -0.1) is 0 Å². The van der Waals surface area contributed by atoms with E-state index in [2.05, 4.69) is 5.32 Å². The predicted molar refractivity (Wildman–Crippen MR) is 102 cm³/mol. The Kier molecular flexibility index (Phi) is 6.11. The van der Waals surface area contributed by atoms with Crippen molar-refractivity contribution >= 4 is 23.8 Å². The van der Waals surface area contributed by atoms with E-state index in [1.807, 2.05) is 0 Å². The van der Waals surface area contributed by atoms with Crippen LogP contribution in [0.2, 0.25) is 0 Å². The first-order valence-electron chi connectivity index (χ1n) is 8.34. The number of hydrogen-bond acceptors (Lipinski definition) is 6. The third kappa shape index (κ3) is 3.90. The summed E-state index contributed by atoms with van der Waals surface area (Å²) < 4.78 is 2.69. The molecule has 10 heteroatoms. The Morgan fingerprint density at radius 2 is 1.81 bits per heavy atom. The Morgan fingerprint density at radius 1 is 1.26 bits per heavy atom. The number of amides is 1. The number of nitrogens with one attached hydrogen (secondary N) is 1. The average Bonchev–Trinajstić information content (AvgIpc) is 2.62. The summed E-state index contributed by atoms with van der Waals surface area (Å²) in [6.07, 6.45) is 0. The molecule has 0 spiro atoms. The second kappa shape index (κ2) is 8.12. The van der Waals surface area contributed by atoms with E-state index in [1.54, 1.807) is 20.8 Å². The second-order valence-corrected chi connectivity index (χ2v) is 6.18. The predicted octanol–water partition coefficient (Wildman–Crippen LogP) is 2.52. The van der Waals surface area contributed by atoms with E-state index in [0.717, 1.165) is 0 Å². The Labute approximate surface area is 160 Å². The number of rotatable bonds is 6. The van der Waals surface area contributed by atoms with Gasteiger partial charge in [-0.3, -0.25) is 28.8 Å². The monoisotopic (exact) mass is 392 g/mol. The third-order valence-electron chi connectivity index (χ3n) is 4.21. The smallest absolute Gasteiger partial charge is 0.271 e. The summed E-state index contributed by atoms with van der Waals surface area (Å²) in [7, 11) is 0. The molecule has 0 bridgehead atoms. The second-order valence-electron chi connectivity index (χ2n) is 5.82. The Bertz CT molecular complexity index is 994. The zero-order valence-electron chi connectivity index (χ0n) is 15.1. The first-order valence-corrected chi connectivity index (χ1v) is 8.75. The molecular weight excluding hydrogens is 372 g/mol. The molecule has 0 saturated carbocycles. The maximum atomic E-state index is 12.7. The molecule has 2 rings (SSSR count). The van der Waals surface area contributed by atoms with Crippen LogP contribution in [0.4, 0.5) is 5.69 Å². The minimum Gasteiger partial charge on any atom is -0.494 e. The Hall–Kier alpha value is -3.01. The fourth-order valence-electron chi connectivity index (χ4n) is 2.69. The molecule has 0 saturated heterocycles. The van der Waals surface area contributed by atoms with E-state index in [-0.39, 0.29) is 22.6 Å². The first-order chi connectivity index (χ1) is 12.7. The van der Waals surface area contributed by atoms with E-state index < -0.39 is 28.3 Å². The van der Waals surface area contributed by atoms with Crippen LogP contribution in [-0.2, 0) is 13.1 Å². The fraction of sp³-hybridized carbons (Fsp3) is 0.353. The maximum Gasteiger partial charge on any atom is 0.271 e. The number of nitro groups is 1. The lowest BCUT2D eigenvalue weighted by atomic mass is 10.1. The number of carbonyl (C=O) groups excluding carboxylic acids is 1. The van der Waals surface area contributed by atoms with E-state index in [4.69, 9.17) is 12.2 Å². The number of nitrogens with zero attached hydrogens (tertiary/aromatic N) is 3. The number of carbonyl (C=O) groups is 1. The highest BCUT2D eigenvalue weighted by atomic mass is 32.1. The number of aromatic hydroxyl groups is 1. The van der Waals surface area contributed by atoms with Crippen LogP contribution in [0.25, 0.3) is 0 Å². The molecule has 1 aromatic carbocycles. The summed E-state index contributed by atoms with van der Waals surface area (Å²) >= 11 is 5.19. The van der Waals surface area contributed by atoms with Gasteiger partial charge in [0.1, 0.15) is 0 Å². The van der Waals surface area contributed by atoms with Crippen molar-refractivity contribution in [2.75, 3.05) is 0 Å². The van der Waals surface area contributed by atoms with Gasteiger partial charge >= 0.3 is 0 Å². The number of non-ortho nitro benzene ring substituents is 1. The lowest BCUT2D eigenvalue weighted by Gasteiger charge is -2.18. The molecule has 0 aliphatic heterocycles. The molecule has 27 heavy (non-hydrogen) atoms. The van der Waals surface area contributed by atoms with E-state index >= 15 is 0 Å². The number of nitro benzene ring substituents is 1. The van der Waals surface area contributed by atoms with Crippen molar-refractivity contribution in [3.63, 3.8) is 0 Å². The van der Waals surface area contributed by atoms with E-state index in [9.17, 15) is 24.8 Å². The molecule has 0 aliphatic rings. The van der Waals surface area contributed by atoms with Crippen molar-refractivity contribution in [3.05, 3.63) is 60.6 Å². The number of benzene rings is 1. The maximum absolute atomic E-state index is 12.7. The van der Waals surface area contributed by atoms with Crippen LogP contribution in [0.15, 0.2) is 29.1 Å². The van der Waals surface area contributed by atoms with Crippen molar-refractivity contribution in [1.29, 1.82) is 0 Å². The molecule has 2 aromatic rings. The summed E-state index contributed by atoms with van der Waals surface area (Å²) in [5.41, 5.74) is -0.502. The lowest BCUT2D eigenvalue weighted by Crippen LogP contribution is -2.36. The van der Waals surface area contributed by atoms with Gasteiger partial charge in [-0.25, -0.2) is 0 Å². The molecule has 0 radical (unpaired) electrons. The van der Waals surface area contributed by atoms with Crippen LogP contribution in [0.1, 0.15) is 42.7 Å². The van der Waals surface area contributed by atoms with Gasteiger partial charge in [0.15, 0.2) is 10.3 Å². The fourth-order valence-corrected chi connectivity index (χ4v) is 3.12. The minimum atomic E-state index is -0.747. The van der Waals surface area contributed by atoms with Crippen molar-refractivity contribution in [3.8, 4) is 5.88 Å². The Balaban J connectivity index is 2.39. The topological polar surface area (TPSA) is 119 Å². The third-order valence-corrected chi connectivity index (χ3v) is 4.65. The van der Waals surface area contributed by atoms with Crippen LogP contribution in [0.3, 0.4) is 0 Å². The van der Waals surface area contributed by atoms with Crippen molar-refractivity contribution in [2.45, 2.75) is 39.9 Å². The SMILES string of the molecule is CCn1c(O)c(C(=O)N[C@H](C)c2ccc([N+](=O)[O-])cc2)c(=O)n(CC)c1=S. The van der Waals surface area contributed by atoms with Crippen LogP contribution in [-0.4, -0.2) is 25.1 Å². The number of hydrogen-bond donors (Lipinski definition) is 2. The zero-order chi connectivity index (χ0) is 20.3. The quantitative estimate of drug-likeness (QED) is 0.443. The minimum absolute atomic E-state index is 0.0641. The van der Waals surface area contributed by atoms with Crippen LogP contribution in [0.5, 0.6) is 5.88 Å². The highest BCUT2D eigenvalue weighted by molar-refractivity contribution is 7.71. The van der Waals surface area contributed by atoms with Gasteiger partial charge in [-0.2, -0.15) is 0 Å². The molecule has 1 amide bonds. The molecule has 1 heterocycles. The molecule has 0 unspecified atom stereocenters. The number of aromatic nitrogens is 2. The largest absolute Gasteiger partial charge is 0.494 e. The normalized spacial score (nSPS) is 11.8. The summed E-state index contributed by atoms with van der Waals surface area (Å²) in [6, 6.07) is 5.16. The van der Waals surface area contributed by atoms with Gasteiger partial charge in [0.25, 0.3) is 17.2 Å². The van der Waals surface area contributed by atoms with Gasteiger partial charge in [0.2, 0.25) is 5.88 Å². The van der Waals surface area contributed by atoms with Crippen LogP contribution >= 0.6 is 12.2 Å². The molecular formula is C17H20N4O5S. The summed E-state index contributed by atoms with van der Waals surface area (Å²) in [5, 5.41) is 23.7. The molecule has 9 nitrogen and oxygen atoms in total. The van der Waals surface area contributed by atoms with Crippen molar-refractivity contribution in [2.24, 2.45) is 0 Å². The molecule has 1 aromatic heterocycles. The summed E-state index contributed by atoms with van der Waals surface area (Å²) in [6.45, 7) is 5.68. The highest BCUT2D eigenvalue weighted by Gasteiger charge is 2.23. The average molecular weight is 392 g/mol. The van der Waals surface area contributed by atoms with Gasteiger partial charge in [-0.1, -0.05) is 12.1 Å². The van der Waals surface area contributed by atoms with Crippen molar-refractivity contribution in [1.82, 2.24) is 14.5 Å². The summed E-state index contributed by atoms with van der Waals surface area (Å²) in [4.78, 5) is 35.4.